The Balaban J connectivity index is 2.04. The highest BCUT2D eigenvalue weighted by Gasteiger charge is 2.12. The van der Waals surface area contributed by atoms with Crippen LogP contribution in [0, 0.1) is 11.7 Å². The topological polar surface area (TPSA) is 26.0 Å². The van der Waals surface area contributed by atoms with Crippen LogP contribution in [0.4, 0.5) is 4.39 Å². The minimum Gasteiger partial charge on any atom is -0.327 e. The molecule has 1 unspecified atom stereocenters. The van der Waals surface area contributed by atoms with E-state index in [1.807, 2.05) is 26.0 Å². The van der Waals surface area contributed by atoms with E-state index in [0.717, 1.165) is 24.8 Å². The molecule has 0 bridgehead atoms. The van der Waals surface area contributed by atoms with Crippen LogP contribution in [-0.4, -0.2) is 6.54 Å². The fourth-order valence-corrected chi connectivity index (χ4v) is 2.80. The average molecular weight is 285 g/mol. The Bertz CT molecular complexity index is 581. The molecule has 1 aromatic carbocycles. The van der Waals surface area contributed by atoms with Crippen molar-refractivity contribution in [2.24, 2.45) is 11.7 Å². The monoisotopic (exact) mass is 285 g/mol. The molecule has 0 saturated carbocycles. The third-order valence-electron chi connectivity index (χ3n) is 4.16. The van der Waals surface area contributed by atoms with Crippen LogP contribution in [0.5, 0.6) is 0 Å². The molecule has 1 aliphatic carbocycles. The van der Waals surface area contributed by atoms with Crippen LogP contribution in [0.25, 0.3) is 0 Å². The first-order valence-corrected chi connectivity index (χ1v) is 7.67. The van der Waals surface area contributed by atoms with Crippen molar-refractivity contribution < 1.29 is 4.39 Å². The third kappa shape index (κ3) is 3.92. The van der Waals surface area contributed by atoms with Gasteiger partial charge in [0.1, 0.15) is 5.82 Å². The molecule has 1 aromatic rings. The second-order valence-electron chi connectivity index (χ2n) is 5.50. The lowest BCUT2D eigenvalue weighted by Crippen LogP contribution is -2.13. The van der Waals surface area contributed by atoms with Gasteiger partial charge in [0.15, 0.2) is 0 Å². The van der Waals surface area contributed by atoms with E-state index in [2.05, 4.69) is 24.3 Å². The minimum atomic E-state index is -0.102. The van der Waals surface area contributed by atoms with Gasteiger partial charge in [0.25, 0.3) is 0 Å². The molecule has 2 heteroatoms. The Hall–Kier alpha value is -1.67. The average Bonchev–Trinajstić information content (AvgIpc) is 2.52. The predicted molar refractivity (Wildman–Crippen MR) is 87.6 cm³/mol. The second kappa shape index (κ2) is 7.37. The number of aryl methyl sites for hydroxylation is 1. The van der Waals surface area contributed by atoms with Gasteiger partial charge in [0.05, 0.1) is 0 Å². The summed E-state index contributed by atoms with van der Waals surface area (Å²) < 4.78 is 13.5. The molecule has 0 radical (unpaired) electrons. The van der Waals surface area contributed by atoms with Gasteiger partial charge in [0.2, 0.25) is 0 Å². The van der Waals surface area contributed by atoms with Crippen molar-refractivity contribution in [3.05, 3.63) is 70.6 Å². The molecule has 1 aliphatic rings. The van der Waals surface area contributed by atoms with Gasteiger partial charge < -0.3 is 5.73 Å². The van der Waals surface area contributed by atoms with Gasteiger partial charge in [-0.2, -0.15) is 0 Å². The first-order chi connectivity index (χ1) is 10.2. The standard InChI is InChI=1S/C19H24FN/c1-3-16-12-15(7-10-19(16)20)11-14-5-8-18(9-6-14)17(4-2)13-21/h4-8,10,12,18H,3,9,11,13,21H2,1-2H3/b17-4-. The Morgan fingerprint density at radius 3 is 2.81 bits per heavy atom. The molecule has 1 atom stereocenters. The Morgan fingerprint density at radius 1 is 1.43 bits per heavy atom. The summed E-state index contributed by atoms with van der Waals surface area (Å²) in [4.78, 5) is 0. The summed E-state index contributed by atoms with van der Waals surface area (Å²) in [6.07, 6.45) is 11.4. The van der Waals surface area contributed by atoms with Crippen molar-refractivity contribution in [3.8, 4) is 0 Å². The first kappa shape index (κ1) is 15.7. The molecule has 0 aromatic heterocycles. The lowest BCUT2D eigenvalue weighted by Gasteiger charge is -2.18. The number of rotatable bonds is 5. The Kier molecular flexibility index (Phi) is 5.51. The zero-order chi connectivity index (χ0) is 15.2. The quantitative estimate of drug-likeness (QED) is 0.800. The normalized spacial score (nSPS) is 18.8. The lowest BCUT2D eigenvalue weighted by molar-refractivity contribution is 0.611. The fourth-order valence-electron chi connectivity index (χ4n) is 2.80. The van der Waals surface area contributed by atoms with E-state index >= 15 is 0 Å². The largest absolute Gasteiger partial charge is 0.327 e. The van der Waals surface area contributed by atoms with E-state index in [9.17, 15) is 4.39 Å². The van der Waals surface area contributed by atoms with E-state index in [4.69, 9.17) is 5.73 Å². The van der Waals surface area contributed by atoms with Crippen LogP contribution in [0.3, 0.4) is 0 Å². The zero-order valence-corrected chi connectivity index (χ0v) is 12.9. The van der Waals surface area contributed by atoms with Crippen LogP contribution in [0.1, 0.15) is 31.4 Å². The summed E-state index contributed by atoms with van der Waals surface area (Å²) >= 11 is 0. The molecule has 2 rings (SSSR count). The first-order valence-electron chi connectivity index (χ1n) is 7.67. The number of hydrogen-bond donors (Lipinski definition) is 1. The number of benzene rings is 1. The molecule has 21 heavy (non-hydrogen) atoms. The zero-order valence-electron chi connectivity index (χ0n) is 12.9. The van der Waals surface area contributed by atoms with Crippen LogP contribution < -0.4 is 5.73 Å². The van der Waals surface area contributed by atoms with E-state index in [-0.39, 0.29) is 5.82 Å². The van der Waals surface area contributed by atoms with Crippen molar-refractivity contribution in [3.63, 3.8) is 0 Å². The van der Waals surface area contributed by atoms with Crippen LogP contribution >= 0.6 is 0 Å². The SMILES string of the molecule is C/C=C(/CN)C1C=CC(Cc2ccc(F)c(CC)c2)=CC1. The highest BCUT2D eigenvalue weighted by atomic mass is 19.1. The Labute approximate surface area is 127 Å². The molecule has 0 fully saturated rings. The molecular weight excluding hydrogens is 261 g/mol. The maximum atomic E-state index is 13.5. The van der Waals surface area contributed by atoms with Gasteiger partial charge in [-0.05, 0) is 49.0 Å². The van der Waals surface area contributed by atoms with Gasteiger partial charge in [-0.25, -0.2) is 4.39 Å². The highest BCUT2D eigenvalue weighted by molar-refractivity contribution is 5.35. The van der Waals surface area contributed by atoms with Gasteiger partial charge in [-0.1, -0.05) is 48.9 Å². The number of halogens is 1. The summed E-state index contributed by atoms with van der Waals surface area (Å²) in [6.45, 7) is 4.64. The summed E-state index contributed by atoms with van der Waals surface area (Å²) in [5, 5.41) is 0. The van der Waals surface area contributed by atoms with E-state index in [0.29, 0.717) is 12.5 Å². The molecule has 0 spiro atoms. The van der Waals surface area contributed by atoms with Crippen LogP contribution in [-0.2, 0) is 12.8 Å². The van der Waals surface area contributed by atoms with E-state index in [1.54, 1.807) is 6.07 Å². The van der Waals surface area contributed by atoms with E-state index < -0.39 is 0 Å². The highest BCUT2D eigenvalue weighted by Crippen LogP contribution is 2.25. The molecule has 112 valence electrons. The van der Waals surface area contributed by atoms with Gasteiger partial charge >= 0.3 is 0 Å². The van der Waals surface area contributed by atoms with Crippen molar-refractivity contribution in [2.75, 3.05) is 6.54 Å². The van der Waals surface area contributed by atoms with Gasteiger partial charge in [-0.3, -0.25) is 0 Å². The van der Waals surface area contributed by atoms with Crippen molar-refractivity contribution in [1.82, 2.24) is 0 Å². The number of allylic oxidation sites excluding steroid dienone is 5. The maximum absolute atomic E-state index is 13.5. The second-order valence-corrected chi connectivity index (χ2v) is 5.50. The van der Waals surface area contributed by atoms with Crippen molar-refractivity contribution in [2.45, 2.75) is 33.1 Å². The smallest absolute Gasteiger partial charge is 0.126 e. The molecule has 0 aliphatic heterocycles. The summed E-state index contributed by atoms with van der Waals surface area (Å²) in [5.74, 6) is 0.332. The van der Waals surface area contributed by atoms with Crippen LogP contribution in [0.2, 0.25) is 0 Å². The molecule has 0 heterocycles. The maximum Gasteiger partial charge on any atom is 0.126 e. The summed E-state index contributed by atoms with van der Waals surface area (Å²) in [7, 11) is 0. The van der Waals surface area contributed by atoms with Crippen molar-refractivity contribution in [1.29, 1.82) is 0 Å². The molecule has 1 nitrogen and oxygen atoms in total. The molecule has 0 amide bonds. The number of hydrogen-bond acceptors (Lipinski definition) is 1. The Morgan fingerprint density at radius 2 is 2.24 bits per heavy atom. The van der Waals surface area contributed by atoms with Gasteiger partial charge in [-0.15, -0.1) is 0 Å². The fraction of sp³-hybridized carbons (Fsp3) is 0.368. The third-order valence-corrected chi connectivity index (χ3v) is 4.16. The molecule has 2 N–H and O–H groups in total. The summed E-state index contributed by atoms with van der Waals surface area (Å²) in [6, 6.07) is 5.44. The number of nitrogens with two attached hydrogens (primary N) is 1. The van der Waals surface area contributed by atoms with Crippen LogP contribution in [0.15, 0.2) is 53.6 Å². The van der Waals surface area contributed by atoms with E-state index in [1.165, 1.54) is 16.7 Å². The predicted octanol–water partition coefficient (Wildman–Crippen LogP) is 4.34. The van der Waals surface area contributed by atoms with Crippen molar-refractivity contribution >= 4 is 0 Å². The molecular formula is C19H24FN. The summed E-state index contributed by atoms with van der Waals surface area (Å²) in [5.41, 5.74) is 10.3. The lowest BCUT2D eigenvalue weighted by atomic mass is 9.88. The van der Waals surface area contributed by atoms with Gasteiger partial charge in [0, 0.05) is 12.5 Å². The molecule has 0 saturated heterocycles. The minimum absolute atomic E-state index is 0.102.